The van der Waals surface area contributed by atoms with Gasteiger partial charge in [0.1, 0.15) is 12.4 Å². The fourth-order valence-electron chi connectivity index (χ4n) is 2.20. The Morgan fingerprint density at radius 2 is 1.95 bits per heavy atom. The summed E-state index contributed by atoms with van der Waals surface area (Å²) < 4.78 is 31.2. The quantitative estimate of drug-likeness (QED) is 0.840. The first-order valence-electron chi connectivity index (χ1n) is 6.15. The van der Waals surface area contributed by atoms with E-state index in [1.165, 1.54) is 10.6 Å². The fraction of sp³-hybridized carbons (Fsp3) is 0.538. The number of halogens is 1. The summed E-state index contributed by atoms with van der Waals surface area (Å²) in [4.78, 5) is 0. The summed E-state index contributed by atoms with van der Waals surface area (Å²) in [7, 11) is -3.10. The molecule has 19 heavy (non-hydrogen) atoms. The van der Waals surface area contributed by atoms with Crippen LogP contribution in [0.3, 0.4) is 0 Å². The van der Waals surface area contributed by atoms with E-state index >= 15 is 0 Å². The minimum atomic E-state index is -3.10. The van der Waals surface area contributed by atoms with Crippen LogP contribution in [-0.4, -0.2) is 38.2 Å². The molecule has 0 saturated carbocycles. The van der Waals surface area contributed by atoms with Crippen molar-refractivity contribution in [1.82, 2.24) is 4.31 Å². The predicted molar refractivity (Wildman–Crippen MR) is 79.1 cm³/mol. The van der Waals surface area contributed by atoms with Crippen LogP contribution in [0.15, 0.2) is 16.6 Å². The van der Waals surface area contributed by atoms with E-state index in [1.54, 1.807) is 0 Å². The number of benzene rings is 1. The van der Waals surface area contributed by atoms with E-state index in [-0.39, 0.29) is 6.04 Å². The summed E-state index contributed by atoms with van der Waals surface area (Å²) in [5.41, 5.74) is 2.23. The Balaban J connectivity index is 2.00. The number of nitrogens with zero attached hydrogens (tertiary/aromatic N) is 1. The van der Waals surface area contributed by atoms with E-state index in [2.05, 4.69) is 15.9 Å². The number of rotatable bonds is 4. The molecule has 1 aromatic rings. The van der Waals surface area contributed by atoms with E-state index < -0.39 is 10.0 Å². The maximum atomic E-state index is 11.5. The lowest BCUT2D eigenvalue weighted by Crippen LogP contribution is -2.53. The van der Waals surface area contributed by atoms with Gasteiger partial charge in [0.05, 0.1) is 12.3 Å². The minimum absolute atomic E-state index is 0.0285. The number of hydrogen-bond acceptors (Lipinski definition) is 3. The highest BCUT2D eigenvalue weighted by Crippen LogP contribution is 2.27. The SMILES string of the molecule is Cc1cc(OCC2CCN2S(C)(=O)=O)cc(C)c1Br. The summed E-state index contributed by atoms with van der Waals surface area (Å²) in [6, 6.07) is 3.89. The van der Waals surface area contributed by atoms with Gasteiger partial charge in [-0.1, -0.05) is 15.9 Å². The molecule has 1 unspecified atom stereocenters. The molecule has 1 atom stereocenters. The molecule has 1 heterocycles. The van der Waals surface area contributed by atoms with Crippen LogP contribution < -0.4 is 4.74 Å². The van der Waals surface area contributed by atoms with Gasteiger partial charge in [0.2, 0.25) is 10.0 Å². The molecule has 2 rings (SSSR count). The molecule has 0 N–H and O–H groups in total. The van der Waals surface area contributed by atoms with Crippen LogP contribution in [0.4, 0.5) is 0 Å². The van der Waals surface area contributed by atoms with Gasteiger partial charge in [0, 0.05) is 11.0 Å². The monoisotopic (exact) mass is 347 g/mol. The Kier molecular flexibility index (Phi) is 4.23. The average Bonchev–Trinajstić information content (AvgIpc) is 2.22. The first kappa shape index (κ1) is 14.8. The van der Waals surface area contributed by atoms with Crippen LogP contribution in [0.25, 0.3) is 0 Å². The van der Waals surface area contributed by atoms with Crippen molar-refractivity contribution in [2.45, 2.75) is 26.3 Å². The molecule has 1 aliphatic heterocycles. The number of hydrogen-bond donors (Lipinski definition) is 0. The van der Waals surface area contributed by atoms with Crippen molar-refractivity contribution in [3.63, 3.8) is 0 Å². The summed E-state index contributed by atoms with van der Waals surface area (Å²) in [5.74, 6) is 0.790. The third-order valence-corrected chi connectivity index (χ3v) is 5.95. The molecule has 1 aliphatic rings. The highest BCUT2D eigenvalue weighted by atomic mass is 79.9. The van der Waals surface area contributed by atoms with Crippen molar-refractivity contribution in [3.8, 4) is 5.75 Å². The van der Waals surface area contributed by atoms with Crippen LogP contribution >= 0.6 is 15.9 Å². The van der Waals surface area contributed by atoms with Gasteiger partial charge in [0.15, 0.2) is 0 Å². The summed E-state index contributed by atoms with van der Waals surface area (Å²) in [5, 5.41) is 0. The standard InChI is InChI=1S/C13H18BrNO3S/c1-9-6-12(7-10(2)13(9)14)18-8-11-4-5-15(11)19(3,16)17/h6-7,11H,4-5,8H2,1-3H3. The van der Waals surface area contributed by atoms with Gasteiger partial charge in [-0.15, -0.1) is 0 Å². The molecule has 0 radical (unpaired) electrons. The van der Waals surface area contributed by atoms with E-state index in [1.807, 2.05) is 26.0 Å². The topological polar surface area (TPSA) is 46.6 Å². The zero-order valence-electron chi connectivity index (χ0n) is 11.3. The van der Waals surface area contributed by atoms with Gasteiger partial charge in [-0.05, 0) is 43.5 Å². The summed E-state index contributed by atoms with van der Waals surface area (Å²) in [6.07, 6.45) is 2.11. The second-order valence-corrected chi connectivity index (χ2v) is 7.73. The Labute approximate surface area is 122 Å². The lowest BCUT2D eigenvalue weighted by molar-refractivity contribution is 0.129. The Morgan fingerprint density at radius 3 is 2.37 bits per heavy atom. The molecule has 0 spiro atoms. The van der Waals surface area contributed by atoms with Gasteiger partial charge in [-0.3, -0.25) is 0 Å². The van der Waals surface area contributed by atoms with Crippen molar-refractivity contribution >= 4 is 26.0 Å². The predicted octanol–water partition coefficient (Wildman–Crippen LogP) is 2.48. The maximum absolute atomic E-state index is 11.5. The largest absolute Gasteiger partial charge is 0.492 e. The summed E-state index contributed by atoms with van der Waals surface area (Å²) >= 11 is 3.51. The van der Waals surface area contributed by atoms with Gasteiger partial charge < -0.3 is 4.74 Å². The van der Waals surface area contributed by atoms with Gasteiger partial charge in [-0.2, -0.15) is 4.31 Å². The molecular formula is C13H18BrNO3S. The lowest BCUT2D eigenvalue weighted by atomic mass is 10.1. The van der Waals surface area contributed by atoms with Gasteiger partial charge >= 0.3 is 0 Å². The van der Waals surface area contributed by atoms with Crippen molar-refractivity contribution in [2.24, 2.45) is 0 Å². The van der Waals surface area contributed by atoms with Crippen LogP contribution in [0, 0.1) is 13.8 Å². The first-order chi connectivity index (χ1) is 8.79. The number of sulfonamides is 1. The van der Waals surface area contributed by atoms with Crippen molar-refractivity contribution in [2.75, 3.05) is 19.4 Å². The smallest absolute Gasteiger partial charge is 0.211 e. The van der Waals surface area contributed by atoms with E-state index in [9.17, 15) is 8.42 Å². The molecule has 6 heteroatoms. The van der Waals surface area contributed by atoms with E-state index in [0.717, 1.165) is 27.8 Å². The Morgan fingerprint density at radius 1 is 1.37 bits per heavy atom. The maximum Gasteiger partial charge on any atom is 0.211 e. The molecule has 0 aliphatic carbocycles. The molecule has 1 aromatic carbocycles. The molecule has 1 saturated heterocycles. The van der Waals surface area contributed by atoms with Crippen molar-refractivity contribution in [3.05, 3.63) is 27.7 Å². The molecule has 0 amide bonds. The molecule has 1 fully saturated rings. The third-order valence-electron chi connectivity index (χ3n) is 3.37. The number of ether oxygens (including phenoxy) is 1. The fourth-order valence-corrected chi connectivity index (χ4v) is 3.58. The van der Waals surface area contributed by atoms with Crippen molar-refractivity contribution < 1.29 is 13.2 Å². The third kappa shape index (κ3) is 3.30. The normalized spacial score (nSPS) is 20.1. The van der Waals surface area contributed by atoms with Gasteiger partial charge in [-0.25, -0.2) is 8.42 Å². The zero-order chi connectivity index (χ0) is 14.2. The Hall–Kier alpha value is -0.590. The molecule has 106 valence electrons. The highest BCUT2D eigenvalue weighted by molar-refractivity contribution is 9.10. The molecular weight excluding hydrogens is 330 g/mol. The van der Waals surface area contributed by atoms with Crippen LogP contribution in [0.2, 0.25) is 0 Å². The molecule has 0 bridgehead atoms. The average molecular weight is 348 g/mol. The van der Waals surface area contributed by atoms with Crippen LogP contribution in [0.5, 0.6) is 5.75 Å². The minimum Gasteiger partial charge on any atom is -0.492 e. The van der Waals surface area contributed by atoms with Crippen molar-refractivity contribution in [1.29, 1.82) is 0 Å². The Bertz CT molecular complexity index is 563. The van der Waals surface area contributed by atoms with Crippen LogP contribution in [0.1, 0.15) is 17.5 Å². The van der Waals surface area contributed by atoms with E-state index in [0.29, 0.717) is 13.2 Å². The second-order valence-electron chi connectivity index (χ2n) is 5.00. The summed E-state index contributed by atoms with van der Waals surface area (Å²) in [6.45, 7) is 5.03. The first-order valence-corrected chi connectivity index (χ1v) is 8.79. The second kappa shape index (κ2) is 5.42. The van der Waals surface area contributed by atoms with Crippen LogP contribution in [-0.2, 0) is 10.0 Å². The van der Waals surface area contributed by atoms with E-state index in [4.69, 9.17) is 4.74 Å². The zero-order valence-corrected chi connectivity index (χ0v) is 13.7. The lowest BCUT2D eigenvalue weighted by Gasteiger charge is -2.38. The molecule has 0 aromatic heterocycles. The van der Waals surface area contributed by atoms with Gasteiger partial charge in [0.25, 0.3) is 0 Å². The highest BCUT2D eigenvalue weighted by Gasteiger charge is 2.35. The molecule has 4 nitrogen and oxygen atoms in total. The number of aryl methyl sites for hydroxylation is 2.